The summed E-state index contributed by atoms with van der Waals surface area (Å²) in [6, 6.07) is 14.0. The maximum Gasteiger partial charge on any atom is 0.387 e. The van der Waals surface area contributed by atoms with E-state index in [0.29, 0.717) is 16.8 Å². The molecule has 0 aliphatic heterocycles. The van der Waals surface area contributed by atoms with Gasteiger partial charge in [0.05, 0.1) is 29.7 Å². The minimum Gasteiger partial charge on any atom is -0.493 e. The molecule has 0 aliphatic carbocycles. The molecular weight excluding hydrogens is 378 g/mol. The monoisotopic (exact) mass is 398 g/mol. The summed E-state index contributed by atoms with van der Waals surface area (Å²) in [5.41, 5.74) is 3.37. The quantitative estimate of drug-likeness (QED) is 0.415. The van der Waals surface area contributed by atoms with Crippen molar-refractivity contribution in [1.29, 1.82) is 0 Å². The maximum absolute atomic E-state index is 12.8. The summed E-state index contributed by atoms with van der Waals surface area (Å²) in [6.45, 7) is 0.680. The van der Waals surface area contributed by atoms with E-state index in [1.165, 1.54) is 25.3 Å². The van der Waals surface area contributed by atoms with Crippen LogP contribution >= 0.6 is 0 Å². The van der Waals surface area contributed by atoms with Gasteiger partial charge in [0.15, 0.2) is 17.3 Å². The summed E-state index contributed by atoms with van der Waals surface area (Å²) in [7, 11) is 1.36. The van der Waals surface area contributed by atoms with Gasteiger partial charge in [-0.1, -0.05) is 30.3 Å². The number of ether oxygens (including phenoxy) is 2. The van der Waals surface area contributed by atoms with E-state index in [9.17, 15) is 13.6 Å². The van der Waals surface area contributed by atoms with Gasteiger partial charge in [-0.25, -0.2) is 4.68 Å². The number of carbonyl (C=O) groups excluding carboxylic acids is 1. The number of carbonyl (C=O) groups is 1. The molecule has 0 fully saturated rings. The Labute approximate surface area is 167 Å². The number of hydrogen-bond acceptors (Lipinski definition) is 4. The van der Waals surface area contributed by atoms with Crippen LogP contribution in [0.1, 0.15) is 27.3 Å². The van der Waals surface area contributed by atoms with Crippen molar-refractivity contribution in [3.05, 3.63) is 77.1 Å². The Morgan fingerprint density at radius 1 is 1.10 bits per heavy atom. The van der Waals surface area contributed by atoms with Crippen LogP contribution in [0.4, 0.5) is 8.78 Å². The van der Waals surface area contributed by atoms with Gasteiger partial charge in [0, 0.05) is 0 Å². The molecule has 0 atom stereocenters. The van der Waals surface area contributed by atoms with E-state index in [-0.39, 0.29) is 17.3 Å². The number of aryl methyl sites for hydroxylation is 1. The smallest absolute Gasteiger partial charge is 0.387 e. The van der Waals surface area contributed by atoms with E-state index in [1.807, 2.05) is 37.3 Å². The van der Waals surface area contributed by atoms with Crippen LogP contribution in [0.5, 0.6) is 11.5 Å². The van der Waals surface area contributed by atoms with E-state index in [0.717, 1.165) is 11.4 Å². The Hall–Kier alpha value is -3.48. The molecule has 0 radical (unpaired) electrons. The first-order valence-electron chi connectivity index (χ1n) is 8.87. The highest BCUT2D eigenvalue weighted by Gasteiger charge is 2.17. The average Bonchev–Trinajstić information content (AvgIpc) is 3.01. The highest BCUT2D eigenvalue weighted by Crippen LogP contribution is 2.30. The Kier molecular flexibility index (Phi) is 6.07. The van der Waals surface area contributed by atoms with E-state index >= 15 is 0 Å². The minimum atomic E-state index is -2.95. The van der Waals surface area contributed by atoms with E-state index in [2.05, 4.69) is 9.84 Å². The normalized spacial score (nSPS) is 11.2. The van der Waals surface area contributed by atoms with Crippen molar-refractivity contribution >= 4 is 11.9 Å². The van der Waals surface area contributed by atoms with Crippen molar-refractivity contribution in [2.75, 3.05) is 7.11 Å². The zero-order chi connectivity index (χ0) is 21.0. The summed E-state index contributed by atoms with van der Waals surface area (Å²) in [6.07, 6.45) is 3.02. The number of halogens is 2. The highest BCUT2D eigenvalue weighted by molar-refractivity contribution is 6.08. The van der Waals surface area contributed by atoms with Crippen LogP contribution in [0, 0.1) is 13.8 Å². The molecule has 7 heteroatoms. The second kappa shape index (κ2) is 8.68. The van der Waals surface area contributed by atoms with Gasteiger partial charge in [-0.2, -0.15) is 13.9 Å². The van der Waals surface area contributed by atoms with Gasteiger partial charge in [-0.05, 0) is 49.8 Å². The summed E-state index contributed by atoms with van der Waals surface area (Å²) in [5.74, 6) is -0.111. The molecule has 150 valence electrons. The zero-order valence-electron chi connectivity index (χ0n) is 16.2. The molecule has 0 bridgehead atoms. The fraction of sp³-hybridized carbons (Fsp3) is 0.182. The number of para-hydroxylation sites is 1. The van der Waals surface area contributed by atoms with Crippen molar-refractivity contribution in [3.8, 4) is 17.2 Å². The molecule has 0 saturated carbocycles. The Morgan fingerprint density at radius 3 is 2.48 bits per heavy atom. The first-order chi connectivity index (χ1) is 13.9. The van der Waals surface area contributed by atoms with Crippen molar-refractivity contribution in [1.82, 2.24) is 9.78 Å². The number of rotatable bonds is 7. The Balaban J connectivity index is 1.85. The van der Waals surface area contributed by atoms with Gasteiger partial charge in [0.2, 0.25) is 0 Å². The van der Waals surface area contributed by atoms with Crippen LogP contribution in [0.15, 0.2) is 54.6 Å². The highest BCUT2D eigenvalue weighted by atomic mass is 19.3. The van der Waals surface area contributed by atoms with E-state index < -0.39 is 6.61 Å². The largest absolute Gasteiger partial charge is 0.493 e. The minimum absolute atomic E-state index is 0.0678. The van der Waals surface area contributed by atoms with Gasteiger partial charge in [-0.3, -0.25) is 4.79 Å². The van der Waals surface area contributed by atoms with Crippen LogP contribution in [0.25, 0.3) is 11.8 Å². The van der Waals surface area contributed by atoms with Crippen LogP contribution in [-0.4, -0.2) is 29.3 Å². The van der Waals surface area contributed by atoms with Gasteiger partial charge in [-0.15, -0.1) is 0 Å². The van der Waals surface area contributed by atoms with E-state index in [4.69, 9.17) is 4.74 Å². The maximum atomic E-state index is 12.8. The van der Waals surface area contributed by atoms with E-state index in [1.54, 1.807) is 23.7 Å². The van der Waals surface area contributed by atoms with Crippen LogP contribution < -0.4 is 9.47 Å². The number of nitrogens with zero attached hydrogens (tertiary/aromatic N) is 2. The molecule has 0 unspecified atom stereocenters. The second-order valence-electron chi connectivity index (χ2n) is 6.28. The standard InChI is InChI=1S/C22H20F2N2O3/c1-14-21(15(2)26(25-14)17-7-5-4-6-8-17)18(27)11-9-16-10-12-19(29-22(23)24)20(13-16)28-3/h4-13,22H,1-3H3/b11-9+. The Morgan fingerprint density at radius 2 is 1.83 bits per heavy atom. The molecule has 3 rings (SSSR count). The first-order valence-corrected chi connectivity index (χ1v) is 8.87. The van der Waals surface area contributed by atoms with Crippen LogP contribution in [0.3, 0.4) is 0 Å². The van der Waals surface area contributed by atoms with Crippen molar-refractivity contribution in [2.24, 2.45) is 0 Å². The summed E-state index contributed by atoms with van der Waals surface area (Å²) >= 11 is 0. The van der Waals surface area contributed by atoms with Crippen LogP contribution in [-0.2, 0) is 0 Å². The lowest BCUT2D eigenvalue weighted by Crippen LogP contribution is -2.03. The molecule has 0 saturated heterocycles. The third kappa shape index (κ3) is 4.51. The zero-order valence-corrected chi connectivity index (χ0v) is 16.2. The molecule has 1 aromatic heterocycles. The van der Waals surface area contributed by atoms with Gasteiger partial charge >= 0.3 is 6.61 Å². The van der Waals surface area contributed by atoms with Crippen molar-refractivity contribution < 1.29 is 23.0 Å². The van der Waals surface area contributed by atoms with Crippen LogP contribution in [0.2, 0.25) is 0 Å². The summed E-state index contributed by atoms with van der Waals surface area (Å²) in [4.78, 5) is 12.8. The summed E-state index contributed by atoms with van der Waals surface area (Å²) in [5, 5.41) is 4.48. The first kappa shape index (κ1) is 20.3. The average molecular weight is 398 g/mol. The molecule has 0 aliphatic rings. The van der Waals surface area contributed by atoms with Gasteiger partial charge in [0.25, 0.3) is 0 Å². The number of methoxy groups -OCH3 is 1. The fourth-order valence-electron chi connectivity index (χ4n) is 3.06. The summed E-state index contributed by atoms with van der Waals surface area (Å²) < 4.78 is 36.1. The number of allylic oxidation sites excluding steroid dienone is 1. The predicted molar refractivity (Wildman–Crippen MR) is 106 cm³/mol. The molecule has 0 spiro atoms. The van der Waals surface area contributed by atoms with Crippen molar-refractivity contribution in [3.63, 3.8) is 0 Å². The number of ketones is 1. The molecule has 3 aromatic rings. The number of aromatic nitrogens is 2. The van der Waals surface area contributed by atoms with Crippen molar-refractivity contribution in [2.45, 2.75) is 20.5 Å². The molecular formula is C22H20F2N2O3. The third-order valence-corrected chi connectivity index (χ3v) is 4.37. The third-order valence-electron chi connectivity index (χ3n) is 4.37. The molecule has 0 N–H and O–H groups in total. The topological polar surface area (TPSA) is 53.3 Å². The number of hydrogen-bond donors (Lipinski definition) is 0. The predicted octanol–water partition coefficient (Wildman–Crippen LogP) is 5.00. The molecule has 29 heavy (non-hydrogen) atoms. The molecule has 0 amide bonds. The Bertz CT molecular complexity index is 1040. The fourth-order valence-corrected chi connectivity index (χ4v) is 3.06. The number of alkyl halides is 2. The lowest BCUT2D eigenvalue weighted by Gasteiger charge is -2.10. The lowest BCUT2D eigenvalue weighted by molar-refractivity contribution is -0.0512. The molecule has 5 nitrogen and oxygen atoms in total. The molecule has 1 heterocycles. The SMILES string of the molecule is COc1cc(/C=C/C(=O)c2c(C)nn(-c3ccccc3)c2C)ccc1OC(F)F. The molecule has 2 aromatic carbocycles. The number of benzene rings is 2. The lowest BCUT2D eigenvalue weighted by atomic mass is 10.1. The second-order valence-corrected chi connectivity index (χ2v) is 6.28. The van der Waals surface area contributed by atoms with Gasteiger partial charge in [0.1, 0.15) is 0 Å². The van der Waals surface area contributed by atoms with Gasteiger partial charge < -0.3 is 9.47 Å².